The Balaban J connectivity index is 1.74. The first kappa shape index (κ1) is 24.2. The molecule has 0 fully saturated rings. The van der Waals surface area contributed by atoms with Gasteiger partial charge in [-0.05, 0) is 47.9 Å². The fourth-order valence-electron chi connectivity index (χ4n) is 3.91. The molecule has 4 rings (SSSR count). The Bertz CT molecular complexity index is 1290. The Morgan fingerprint density at radius 2 is 2.00 bits per heavy atom. The van der Waals surface area contributed by atoms with Gasteiger partial charge in [-0.25, -0.2) is 13.9 Å². The molecule has 2 heterocycles. The minimum atomic E-state index is -4.83. The van der Waals surface area contributed by atoms with Gasteiger partial charge in [0.15, 0.2) is 5.69 Å². The van der Waals surface area contributed by atoms with E-state index in [9.17, 15) is 22.8 Å². The number of alkyl halides is 3. The highest BCUT2D eigenvalue weighted by molar-refractivity contribution is 6.05. The van der Waals surface area contributed by atoms with Crippen LogP contribution >= 0.6 is 0 Å². The number of nitrogens with one attached hydrogen (secondary N) is 2. The van der Waals surface area contributed by atoms with E-state index < -0.39 is 35.4 Å². The zero-order chi connectivity index (χ0) is 25.3. The Morgan fingerprint density at radius 1 is 1.23 bits per heavy atom. The van der Waals surface area contributed by atoms with E-state index in [0.717, 1.165) is 15.1 Å². The molecule has 0 saturated heterocycles. The van der Waals surface area contributed by atoms with E-state index in [-0.39, 0.29) is 17.9 Å². The number of benzene rings is 2. The topological polar surface area (TPSA) is 99.5 Å². The molecule has 3 aromatic rings. The van der Waals surface area contributed by atoms with Crippen LogP contribution in [0.2, 0.25) is 0 Å². The molecule has 0 bridgehead atoms. The third-order valence-corrected chi connectivity index (χ3v) is 5.67. The molecule has 2 aromatic carbocycles. The molecule has 0 spiro atoms. The molecule has 2 amide bonds. The van der Waals surface area contributed by atoms with Crippen molar-refractivity contribution in [1.82, 2.24) is 20.4 Å². The third kappa shape index (κ3) is 4.97. The summed E-state index contributed by atoms with van der Waals surface area (Å²) in [4.78, 5) is 25.1. The van der Waals surface area contributed by atoms with Gasteiger partial charge in [0.05, 0.1) is 11.4 Å². The highest BCUT2D eigenvalue weighted by Gasteiger charge is 2.37. The number of nitrogens with zero attached hydrogens (tertiary/aromatic N) is 3. The Labute approximate surface area is 197 Å². The van der Waals surface area contributed by atoms with Crippen LogP contribution in [-0.2, 0) is 25.7 Å². The SMILES string of the molecule is CN(C(=O)c1cc(C(F)(F)F)nn1-c1cccc(CNC(=O)O)c1)c1ccc2c(c1F)CCNC2. The van der Waals surface area contributed by atoms with Crippen molar-refractivity contribution in [2.75, 3.05) is 18.5 Å². The second kappa shape index (κ2) is 9.37. The van der Waals surface area contributed by atoms with Crippen molar-refractivity contribution in [2.45, 2.75) is 25.7 Å². The van der Waals surface area contributed by atoms with E-state index in [1.54, 1.807) is 12.1 Å². The average molecular weight is 491 g/mol. The summed E-state index contributed by atoms with van der Waals surface area (Å²) >= 11 is 0. The first-order chi connectivity index (χ1) is 16.6. The maximum absolute atomic E-state index is 15.2. The minimum absolute atomic E-state index is 0.0589. The highest BCUT2D eigenvalue weighted by atomic mass is 19.4. The third-order valence-electron chi connectivity index (χ3n) is 5.67. The molecule has 0 saturated carbocycles. The summed E-state index contributed by atoms with van der Waals surface area (Å²) in [5.74, 6) is -1.49. The van der Waals surface area contributed by atoms with Crippen LogP contribution in [0.15, 0.2) is 42.5 Å². The summed E-state index contributed by atoms with van der Waals surface area (Å²) in [6, 6.07) is 9.62. The highest BCUT2D eigenvalue weighted by Crippen LogP contribution is 2.32. The Morgan fingerprint density at radius 3 is 2.71 bits per heavy atom. The number of halogens is 4. The van der Waals surface area contributed by atoms with E-state index in [4.69, 9.17) is 5.11 Å². The van der Waals surface area contributed by atoms with E-state index in [1.165, 1.54) is 31.3 Å². The largest absolute Gasteiger partial charge is 0.465 e. The summed E-state index contributed by atoms with van der Waals surface area (Å²) in [6.45, 7) is 0.952. The lowest BCUT2D eigenvalue weighted by molar-refractivity contribution is -0.141. The van der Waals surface area contributed by atoms with Crippen LogP contribution in [0.5, 0.6) is 0 Å². The Hall–Kier alpha value is -3.93. The summed E-state index contributed by atoms with van der Waals surface area (Å²) in [5.41, 5.74) is -0.00819. The van der Waals surface area contributed by atoms with Gasteiger partial charge < -0.3 is 20.6 Å². The number of fused-ring (bicyclic) bond motifs is 1. The number of anilines is 1. The van der Waals surface area contributed by atoms with Crippen LogP contribution in [0.4, 0.5) is 28.0 Å². The quantitative estimate of drug-likeness (QED) is 0.473. The van der Waals surface area contributed by atoms with Crippen molar-refractivity contribution in [1.29, 1.82) is 0 Å². The van der Waals surface area contributed by atoms with Gasteiger partial charge in [0.2, 0.25) is 0 Å². The molecule has 8 nitrogen and oxygen atoms in total. The van der Waals surface area contributed by atoms with Gasteiger partial charge in [0.25, 0.3) is 5.91 Å². The zero-order valence-corrected chi connectivity index (χ0v) is 18.5. The molecule has 12 heteroatoms. The Kier molecular flexibility index (Phi) is 6.48. The predicted octanol–water partition coefficient (Wildman–Crippen LogP) is 3.72. The van der Waals surface area contributed by atoms with Crippen LogP contribution in [-0.4, -0.2) is 40.5 Å². The van der Waals surface area contributed by atoms with Crippen LogP contribution in [0.25, 0.3) is 5.69 Å². The van der Waals surface area contributed by atoms with Gasteiger partial charge in [-0.15, -0.1) is 0 Å². The fourth-order valence-corrected chi connectivity index (χ4v) is 3.91. The molecule has 1 aliphatic rings. The number of hydrogen-bond donors (Lipinski definition) is 3. The maximum Gasteiger partial charge on any atom is 0.435 e. The van der Waals surface area contributed by atoms with Crippen molar-refractivity contribution >= 4 is 17.7 Å². The number of carboxylic acid groups (broad SMARTS) is 1. The summed E-state index contributed by atoms with van der Waals surface area (Å²) < 4.78 is 56.5. The molecular formula is C23H21F4N5O3. The van der Waals surface area contributed by atoms with E-state index in [2.05, 4.69) is 15.7 Å². The first-order valence-electron chi connectivity index (χ1n) is 10.6. The minimum Gasteiger partial charge on any atom is -0.465 e. The second-order valence-electron chi connectivity index (χ2n) is 7.98. The normalized spacial score (nSPS) is 13.3. The molecule has 3 N–H and O–H groups in total. The number of carbonyl (C=O) groups is 2. The lowest BCUT2D eigenvalue weighted by Crippen LogP contribution is -2.31. The van der Waals surface area contributed by atoms with E-state index in [0.29, 0.717) is 36.7 Å². The van der Waals surface area contributed by atoms with Gasteiger partial charge in [-0.3, -0.25) is 4.79 Å². The zero-order valence-electron chi connectivity index (χ0n) is 18.5. The summed E-state index contributed by atoms with van der Waals surface area (Å²) in [7, 11) is 1.28. The maximum atomic E-state index is 15.2. The number of carbonyl (C=O) groups excluding carboxylic acids is 1. The molecule has 0 atom stereocenters. The second-order valence-corrected chi connectivity index (χ2v) is 7.98. The monoisotopic (exact) mass is 491 g/mol. The predicted molar refractivity (Wildman–Crippen MR) is 118 cm³/mol. The van der Waals surface area contributed by atoms with E-state index in [1.807, 2.05) is 0 Å². The summed E-state index contributed by atoms with van der Waals surface area (Å²) in [5, 5.41) is 17.7. The molecule has 35 heavy (non-hydrogen) atoms. The van der Waals surface area contributed by atoms with Crippen molar-refractivity contribution in [3.8, 4) is 5.69 Å². The number of hydrogen-bond acceptors (Lipinski definition) is 4. The van der Waals surface area contributed by atoms with Gasteiger partial charge >= 0.3 is 12.3 Å². The average Bonchev–Trinajstić information content (AvgIpc) is 3.29. The van der Waals surface area contributed by atoms with Crippen molar-refractivity contribution in [2.24, 2.45) is 0 Å². The molecule has 184 valence electrons. The lowest BCUT2D eigenvalue weighted by atomic mass is 9.99. The lowest BCUT2D eigenvalue weighted by Gasteiger charge is -2.23. The first-order valence-corrected chi connectivity index (χ1v) is 10.6. The summed E-state index contributed by atoms with van der Waals surface area (Å²) in [6.07, 6.45) is -5.68. The molecular weight excluding hydrogens is 470 g/mol. The van der Waals surface area contributed by atoms with Gasteiger partial charge in [0, 0.05) is 26.2 Å². The van der Waals surface area contributed by atoms with Gasteiger partial charge in [-0.2, -0.15) is 18.3 Å². The van der Waals surface area contributed by atoms with Crippen molar-refractivity contribution in [3.63, 3.8) is 0 Å². The number of rotatable bonds is 5. The molecule has 1 aromatic heterocycles. The standard InChI is InChI=1S/C23H21F4N5O3/c1-31(17-6-5-14-12-28-8-7-16(14)20(17)24)21(33)18-10-19(23(25,26)27)30-32(18)15-4-2-3-13(9-15)11-29-22(34)35/h2-6,9-10,28-29H,7-8,11-12H2,1H3,(H,34,35). The van der Waals surface area contributed by atoms with Crippen molar-refractivity contribution in [3.05, 3.63) is 76.4 Å². The van der Waals surface area contributed by atoms with Gasteiger partial charge in [-0.1, -0.05) is 18.2 Å². The fraction of sp³-hybridized carbons (Fsp3) is 0.261. The van der Waals surface area contributed by atoms with Crippen LogP contribution < -0.4 is 15.5 Å². The van der Waals surface area contributed by atoms with Crippen molar-refractivity contribution < 1.29 is 32.3 Å². The van der Waals surface area contributed by atoms with Crippen LogP contribution in [0.3, 0.4) is 0 Å². The van der Waals surface area contributed by atoms with Crippen LogP contribution in [0.1, 0.15) is 32.9 Å². The molecule has 0 unspecified atom stereocenters. The van der Waals surface area contributed by atoms with Crippen LogP contribution in [0, 0.1) is 5.82 Å². The van der Waals surface area contributed by atoms with Gasteiger partial charge in [0.1, 0.15) is 11.5 Å². The van der Waals surface area contributed by atoms with E-state index >= 15 is 4.39 Å². The number of aromatic nitrogens is 2. The molecule has 0 aliphatic carbocycles. The number of amides is 2. The molecule has 1 aliphatic heterocycles. The molecule has 0 radical (unpaired) electrons. The smallest absolute Gasteiger partial charge is 0.435 e.